The van der Waals surface area contributed by atoms with Gasteiger partial charge in [-0.2, -0.15) is 0 Å². The van der Waals surface area contributed by atoms with Gasteiger partial charge in [-0.25, -0.2) is 9.97 Å². The molecule has 2 aromatic rings. The fraction of sp³-hybridized carbons (Fsp3) is 0.533. The van der Waals surface area contributed by atoms with Crippen LogP contribution < -0.4 is 0 Å². The van der Waals surface area contributed by atoms with Crippen molar-refractivity contribution in [3.63, 3.8) is 0 Å². The molecule has 0 saturated heterocycles. The first kappa shape index (κ1) is 14.8. The Hall–Kier alpha value is -1.14. The summed E-state index contributed by atoms with van der Waals surface area (Å²) in [6, 6.07) is 0. The Bertz CT molecular complexity index is 664. The molecule has 2 heterocycles. The van der Waals surface area contributed by atoms with Crippen LogP contribution in [0.5, 0.6) is 0 Å². The Labute approximate surface area is 133 Å². The highest BCUT2D eigenvalue weighted by molar-refractivity contribution is 8.00. The lowest BCUT2D eigenvalue weighted by molar-refractivity contribution is -0.127. The number of thiophene rings is 1. The van der Waals surface area contributed by atoms with E-state index >= 15 is 0 Å². The monoisotopic (exact) mass is 321 g/mol. The van der Waals surface area contributed by atoms with Gasteiger partial charge in [0.05, 0.1) is 5.75 Å². The molecular weight excluding hydrogens is 302 g/mol. The highest BCUT2D eigenvalue weighted by Gasteiger charge is 2.22. The van der Waals surface area contributed by atoms with E-state index in [0.29, 0.717) is 5.75 Å². The molecule has 112 valence electrons. The molecule has 0 aliphatic heterocycles. The third-order valence-electron chi connectivity index (χ3n) is 3.92. The van der Waals surface area contributed by atoms with Crippen LogP contribution in [0.2, 0.25) is 0 Å². The van der Waals surface area contributed by atoms with Crippen LogP contribution in [-0.2, 0) is 17.6 Å². The van der Waals surface area contributed by atoms with E-state index in [4.69, 9.17) is 0 Å². The van der Waals surface area contributed by atoms with E-state index in [1.165, 1.54) is 28.7 Å². The highest BCUT2D eigenvalue weighted by Crippen LogP contribution is 2.39. The Morgan fingerprint density at radius 2 is 2.14 bits per heavy atom. The molecule has 0 aromatic carbocycles. The fourth-order valence-electron chi connectivity index (χ4n) is 2.81. The van der Waals surface area contributed by atoms with Crippen molar-refractivity contribution in [2.45, 2.75) is 38.1 Å². The van der Waals surface area contributed by atoms with Gasteiger partial charge in [0.25, 0.3) is 0 Å². The van der Waals surface area contributed by atoms with Crippen molar-refractivity contribution in [3.05, 3.63) is 16.8 Å². The molecule has 3 rings (SSSR count). The third kappa shape index (κ3) is 2.79. The van der Waals surface area contributed by atoms with Gasteiger partial charge in [-0.15, -0.1) is 11.3 Å². The van der Waals surface area contributed by atoms with E-state index in [1.807, 2.05) is 18.7 Å². The number of hydrogen-bond donors (Lipinski definition) is 0. The van der Waals surface area contributed by atoms with Crippen LogP contribution in [0.3, 0.4) is 0 Å². The highest BCUT2D eigenvalue weighted by atomic mass is 32.2. The van der Waals surface area contributed by atoms with Crippen molar-refractivity contribution >= 4 is 39.2 Å². The molecule has 0 saturated carbocycles. The van der Waals surface area contributed by atoms with Gasteiger partial charge in [0, 0.05) is 23.4 Å². The summed E-state index contributed by atoms with van der Waals surface area (Å²) in [5.41, 5.74) is 1.42. The van der Waals surface area contributed by atoms with Gasteiger partial charge in [-0.1, -0.05) is 11.8 Å². The van der Waals surface area contributed by atoms with Crippen molar-refractivity contribution in [1.29, 1.82) is 0 Å². The fourth-order valence-corrected chi connectivity index (χ4v) is 5.03. The lowest BCUT2D eigenvalue weighted by atomic mass is 10.2. The standard InChI is InChI=1S/C15H19N3OS2/c1-3-18(4-2)12(19)8-20-14-13-10-6-5-7-11(10)21-15(13)17-9-16-14/h9H,3-8H2,1-2H3. The smallest absolute Gasteiger partial charge is 0.232 e. The maximum absolute atomic E-state index is 12.2. The zero-order valence-electron chi connectivity index (χ0n) is 12.4. The number of carbonyl (C=O) groups is 1. The summed E-state index contributed by atoms with van der Waals surface area (Å²) in [5.74, 6) is 0.641. The molecule has 0 bridgehead atoms. The number of thioether (sulfide) groups is 1. The van der Waals surface area contributed by atoms with Crippen LogP contribution in [0.25, 0.3) is 10.2 Å². The van der Waals surface area contributed by atoms with Crippen LogP contribution in [0.1, 0.15) is 30.7 Å². The first-order valence-corrected chi connectivity index (χ1v) is 9.20. The Balaban J connectivity index is 1.83. The third-order valence-corrected chi connectivity index (χ3v) is 6.09. The van der Waals surface area contributed by atoms with Gasteiger partial charge in [-0.3, -0.25) is 4.79 Å². The van der Waals surface area contributed by atoms with Gasteiger partial charge in [-0.05, 0) is 38.7 Å². The molecule has 2 aromatic heterocycles. The van der Waals surface area contributed by atoms with Crippen molar-refractivity contribution in [2.24, 2.45) is 0 Å². The number of carbonyl (C=O) groups excluding carboxylic acids is 1. The second kappa shape index (κ2) is 6.32. The number of fused-ring (bicyclic) bond motifs is 3. The maximum atomic E-state index is 12.2. The number of aryl methyl sites for hydroxylation is 2. The van der Waals surface area contributed by atoms with Crippen LogP contribution in [0, 0.1) is 0 Å². The van der Waals surface area contributed by atoms with Crippen LogP contribution in [0.4, 0.5) is 0 Å². The largest absolute Gasteiger partial charge is 0.343 e. The maximum Gasteiger partial charge on any atom is 0.232 e. The average Bonchev–Trinajstić information content (AvgIpc) is 3.06. The molecule has 4 nitrogen and oxygen atoms in total. The topological polar surface area (TPSA) is 46.1 Å². The predicted molar refractivity (Wildman–Crippen MR) is 88.1 cm³/mol. The summed E-state index contributed by atoms with van der Waals surface area (Å²) in [4.78, 5) is 25.4. The lowest BCUT2D eigenvalue weighted by Crippen LogP contribution is -2.31. The van der Waals surface area contributed by atoms with Crippen LogP contribution >= 0.6 is 23.1 Å². The average molecular weight is 321 g/mol. The second-order valence-electron chi connectivity index (χ2n) is 5.07. The SMILES string of the molecule is CCN(CC)C(=O)CSc1ncnc2sc3c(c12)CCC3. The molecule has 0 atom stereocenters. The summed E-state index contributed by atoms with van der Waals surface area (Å²) in [5, 5.41) is 2.17. The molecule has 0 N–H and O–H groups in total. The number of hydrogen-bond acceptors (Lipinski definition) is 5. The van der Waals surface area contributed by atoms with Crippen molar-refractivity contribution < 1.29 is 4.79 Å². The normalized spacial score (nSPS) is 13.6. The van der Waals surface area contributed by atoms with E-state index in [0.717, 1.165) is 29.4 Å². The molecule has 1 aliphatic rings. The zero-order chi connectivity index (χ0) is 14.8. The zero-order valence-corrected chi connectivity index (χ0v) is 14.0. The Kier molecular flexibility index (Phi) is 4.45. The summed E-state index contributed by atoms with van der Waals surface area (Å²) in [6.07, 6.45) is 5.14. The number of nitrogens with zero attached hydrogens (tertiary/aromatic N) is 3. The van der Waals surface area contributed by atoms with Gasteiger partial charge in [0.2, 0.25) is 5.91 Å². The van der Waals surface area contributed by atoms with Crippen LogP contribution in [0.15, 0.2) is 11.4 Å². The Morgan fingerprint density at radius 3 is 2.90 bits per heavy atom. The summed E-state index contributed by atoms with van der Waals surface area (Å²) in [6.45, 7) is 5.56. The number of amides is 1. The predicted octanol–water partition coefficient (Wildman–Crippen LogP) is 3.14. The molecule has 6 heteroatoms. The van der Waals surface area contributed by atoms with E-state index < -0.39 is 0 Å². The molecular formula is C15H19N3OS2. The van der Waals surface area contributed by atoms with E-state index in [-0.39, 0.29) is 5.91 Å². The molecule has 0 radical (unpaired) electrons. The second-order valence-corrected chi connectivity index (χ2v) is 7.12. The molecule has 1 aliphatic carbocycles. The minimum atomic E-state index is 0.184. The Morgan fingerprint density at radius 1 is 1.33 bits per heavy atom. The van der Waals surface area contributed by atoms with Crippen LogP contribution in [-0.4, -0.2) is 39.6 Å². The molecule has 0 spiro atoms. The van der Waals surface area contributed by atoms with Gasteiger partial charge in [0.15, 0.2) is 0 Å². The molecule has 21 heavy (non-hydrogen) atoms. The molecule has 0 unspecified atom stereocenters. The first-order chi connectivity index (χ1) is 10.2. The van der Waals surface area contributed by atoms with Crippen molar-refractivity contribution in [3.8, 4) is 0 Å². The number of aromatic nitrogens is 2. The van der Waals surface area contributed by atoms with Crippen molar-refractivity contribution in [1.82, 2.24) is 14.9 Å². The van der Waals surface area contributed by atoms with E-state index in [2.05, 4.69) is 9.97 Å². The summed E-state index contributed by atoms with van der Waals surface area (Å²) in [7, 11) is 0. The number of rotatable bonds is 5. The van der Waals surface area contributed by atoms with Gasteiger partial charge < -0.3 is 4.90 Å². The van der Waals surface area contributed by atoms with Gasteiger partial charge in [0.1, 0.15) is 16.2 Å². The van der Waals surface area contributed by atoms with E-state index in [9.17, 15) is 4.79 Å². The molecule has 1 amide bonds. The quantitative estimate of drug-likeness (QED) is 0.627. The lowest BCUT2D eigenvalue weighted by Gasteiger charge is -2.18. The van der Waals surface area contributed by atoms with Gasteiger partial charge >= 0.3 is 0 Å². The summed E-state index contributed by atoms with van der Waals surface area (Å²) >= 11 is 3.34. The first-order valence-electron chi connectivity index (χ1n) is 7.40. The summed E-state index contributed by atoms with van der Waals surface area (Å²) < 4.78 is 0. The van der Waals surface area contributed by atoms with Crippen molar-refractivity contribution in [2.75, 3.05) is 18.8 Å². The minimum absolute atomic E-state index is 0.184. The van der Waals surface area contributed by atoms with E-state index in [1.54, 1.807) is 29.4 Å². The molecule has 0 fully saturated rings. The minimum Gasteiger partial charge on any atom is -0.343 e.